The van der Waals surface area contributed by atoms with Gasteiger partial charge in [-0.1, -0.05) is 23.8 Å². The Morgan fingerprint density at radius 1 is 1.18 bits per heavy atom. The molecular formula is C27H42N2O5. The molecule has 3 atom stereocenters. The summed E-state index contributed by atoms with van der Waals surface area (Å²) in [6.07, 6.45) is 16.1. The number of epoxide rings is 1. The molecule has 2 amide bonds. The van der Waals surface area contributed by atoms with E-state index in [0.717, 1.165) is 51.6 Å². The Bertz CT molecular complexity index is 798. The van der Waals surface area contributed by atoms with Crippen molar-refractivity contribution >= 4 is 12.0 Å². The Kier molecular flexibility index (Phi) is 8.99. The van der Waals surface area contributed by atoms with Gasteiger partial charge in [0.1, 0.15) is 6.10 Å². The Morgan fingerprint density at radius 2 is 1.88 bits per heavy atom. The smallest absolute Gasteiger partial charge is 0.407 e. The molecule has 1 saturated carbocycles. The Morgan fingerprint density at radius 3 is 2.53 bits per heavy atom. The first-order chi connectivity index (χ1) is 16.1. The van der Waals surface area contributed by atoms with Crippen molar-refractivity contribution in [2.75, 3.05) is 13.7 Å². The van der Waals surface area contributed by atoms with Crippen LogP contribution in [0.5, 0.6) is 0 Å². The summed E-state index contributed by atoms with van der Waals surface area (Å²) in [7, 11) is 1.50. The quantitative estimate of drug-likeness (QED) is 0.305. The lowest BCUT2D eigenvalue weighted by Gasteiger charge is -2.38. The summed E-state index contributed by atoms with van der Waals surface area (Å²) in [5.74, 6) is 0.518. The van der Waals surface area contributed by atoms with Crippen molar-refractivity contribution in [3.63, 3.8) is 0 Å². The van der Waals surface area contributed by atoms with Crippen LogP contribution in [0.15, 0.2) is 36.0 Å². The van der Waals surface area contributed by atoms with E-state index in [1.807, 2.05) is 0 Å². The Hall–Kier alpha value is -2.12. The second-order valence-corrected chi connectivity index (χ2v) is 10.8. The molecule has 2 heterocycles. The number of hydrogen-bond acceptors (Lipinski definition) is 5. The van der Waals surface area contributed by atoms with Gasteiger partial charge in [0, 0.05) is 32.0 Å². The first-order valence-corrected chi connectivity index (χ1v) is 12.6. The summed E-state index contributed by atoms with van der Waals surface area (Å²) in [5.41, 5.74) is 1.19. The van der Waals surface area contributed by atoms with E-state index in [-0.39, 0.29) is 29.3 Å². The van der Waals surface area contributed by atoms with E-state index in [2.05, 4.69) is 49.6 Å². The molecule has 0 bridgehead atoms. The van der Waals surface area contributed by atoms with E-state index in [0.29, 0.717) is 5.92 Å². The van der Waals surface area contributed by atoms with Crippen molar-refractivity contribution in [3.05, 3.63) is 36.0 Å². The average Bonchev–Trinajstić information content (AvgIpc) is 3.51. The van der Waals surface area contributed by atoms with Crippen molar-refractivity contribution in [1.82, 2.24) is 10.6 Å². The fraction of sp³-hybridized carbons (Fsp3) is 0.704. The van der Waals surface area contributed by atoms with E-state index in [1.54, 1.807) is 13.0 Å². The minimum Gasteiger partial charge on any atom is -0.442 e. The molecule has 3 fully saturated rings. The number of carbonyl (C=O) groups is 2. The third-order valence-electron chi connectivity index (χ3n) is 6.90. The van der Waals surface area contributed by atoms with Gasteiger partial charge in [-0.05, 0) is 71.8 Å². The molecule has 1 aliphatic carbocycles. The minimum absolute atomic E-state index is 0.0514. The Labute approximate surface area is 204 Å². The number of carbonyl (C=O) groups excluding carboxylic acids is 2. The molecule has 1 spiro atoms. The van der Waals surface area contributed by atoms with Crippen LogP contribution in [-0.4, -0.2) is 55.1 Å². The summed E-state index contributed by atoms with van der Waals surface area (Å²) in [6.45, 7) is 9.04. The normalized spacial score (nSPS) is 32.0. The number of allylic oxidation sites excluding steroid dienone is 3. The van der Waals surface area contributed by atoms with Gasteiger partial charge < -0.3 is 24.8 Å². The molecule has 1 unspecified atom stereocenters. The standard InChI is InChI=1S/C27H42N2O5/c1-19(7-14-23-16-27(18-32-27)17-26(3,4)34-23)6-9-21-10-12-22(13-11-21)29-24(30)15-8-20(2)33-25(31)28-5/h6-8,14-15,20-23H,9-13,16-18H2,1-5H3,(H,28,31)(H,29,30)/t20-,21?,22?,23+,27?/m0/s1. The molecule has 2 aliphatic heterocycles. The van der Waals surface area contributed by atoms with E-state index >= 15 is 0 Å². The molecule has 190 valence electrons. The van der Waals surface area contributed by atoms with E-state index in [9.17, 15) is 9.59 Å². The third-order valence-corrected chi connectivity index (χ3v) is 6.90. The zero-order valence-electron chi connectivity index (χ0n) is 21.4. The summed E-state index contributed by atoms with van der Waals surface area (Å²) in [6, 6.07) is 0.206. The van der Waals surface area contributed by atoms with Crippen LogP contribution in [0.4, 0.5) is 4.79 Å². The predicted molar refractivity (Wildman–Crippen MR) is 132 cm³/mol. The Balaban J connectivity index is 1.35. The van der Waals surface area contributed by atoms with Crippen LogP contribution in [0.1, 0.15) is 72.6 Å². The molecule has 7 heteroatoms. The van der Waals surface area contributed by atoms with Crippen LogP contribution in [-0.2, 0) is 19.0 Å². The molecule has 2 saturated heterocycles. The van der Waals surface area contributed by atoms with Crippen LogP contribution in [0.25, 0.3) is 0 Å². The van der Waals surface area contributed by atoms with Crippen molar-refractivity contribution in [3.8, 4) is 0 Å². The number of amides is 2. The van der Waals surface area contributed by atoms with Gasteiger partial charge in [0.05, 0.1) is 23.9 Å². The van der Waals surface area contributed by atoms with Gasteiger partial charge >= 0.3 is 6.09 Å². The first-order valence-electron chi connectivity index (χ1n) is 12.6. The number of ether oxygens (including phenoxy) is 3. The van der Waals surface area contributed by atoms with Gasteiger partial charge in [-0.2, -0.15) is 0 Å². The summed E-state index contributed by atoms with van der Waals surface area (Å²) >= 11 is 0. The predicted octanol–water partition coefficient (Wildman–Crippen LogP) is 4.58. The third kappa shape index (κ3) is 8.58. The second-order valence-electron chi connectivity index (χ2n) is 10.8. The first kappa shape index (κ1) is 26.5. The summed E-state index contributed by atoms with van der Waals surface area (Å²) in [5, 5.41) is 5.46. The number of hydrogen-bond donors (Lipinski definition) is 2. The summed E-state index contributed by atoms with van der Waals surface area (Å²) < 4.78 is 17.0. The molecule has 34 heavy (non-hydrogen) atoms. The lowest BCUT2D eigenvalue weighted by Crippen LogP contribution is -2.43. The SMILES string of the molecule is CNC(=O)O[C@@H](C)C=CC(=O)NC1CCC(CC=C(C)C=C[C@@H]2CC3(CO3)CC(C)(C)O2)CC1. The van der Waals surface area contributed by atoms with E-state index in [4.69, 9.17) is 14.2 Å². The highest BCUT2D eigenvalue weighted by atomic mass is 16.6. The molecule has 3 aliphatic rings. The van der Waals surface area contributed by atoms with Crippen molar-refractivity contribution in [2.24, 2.45) is 5.92 Å². The van der Waals surface area contributed by atoms with Crippen LogP contribution in [0.3, 0.4) is 0 Å². The zero-order valence-corrected chi connectivity index (χ0v) is 21.4. The van der Waals surface area contributed by atoms with Crippen LogP contribution < -0.4 is 10.6 Å². The van der Waals surface area contributed by atoms with Gasteiger partial charge in [-0.25, -0.2) is 4.79 Å². The van der Waals surface area contributed by atoms with Crippen molar-refractivity contribution in [2.45, 2.75) is 102 Å². The summed E-state index contributed by atoms with van der Waals surface area (Å²) in [4.78, 5) is 23.3. The topological polar surface area (TPSA) is 89.2 Å². The fourth-order valence-corrected chi connectivity index (χ4v) is 5.10. The largest absolute Gasteiger partial charge is 0.442 e. The van der Waals surface area contributed by atoms with Gasteiger partial charge in [0.15, 0.2) is 0 Å². The van der Waals surface area contributed by atoms with Crippen LogP contribution in [0, 0.1) is 5.92 Å². The molecule has 7 nitrogen and oxygen atoms in total. The van der Waals surface area contributed by atoms with Crippen molar-refractivity contribution < 1.29 is 23.8 Å². The molecular weight excluding hydrogens is 432 g/mol. The lowest BCUT2D eigenvalue weighted by molar-refractivity contribution is -0.117. The van der Waals surface area contributed by atoms with Gasteiger partial charge in [0.2, 0.25) is 5.91 Å². The molecule has 0 radical (unpaired) electrons. The van der Waals surface area contributed by atoms with Gasteiger partial charge in [-0.3, -0.25) is 4.79 Å². The second kappa shape index (κ2) is 11.5. The average molecular weight is 475 g/mol. The lowest BCUT2D eigenvalue weighted by atomic mass is 9.83. The maximum Gasteiger partial charge on any atom is 0.407 e. The van der Waals surface area contributed by atoms with Crippen molar-refractivity contribution in [1.29, 1.82) is 0 Å². The molecule has 0 aromatic carbocycles. The maximum atomic E-state index is 12.2. The highest BCUT2D eigenvalue weighted by Gasteiger charge is 2.53. The molecule has 2 N–H and O–H groups in total. The van der Waals surface area contributed by atoms with Crippen LogP contribution >= 0.6 is 0 Å². The highest BCUT2D eigenvalue weighted by molar-refractivity contribution is 5.87. The van der Waals surface area contributed by atoms with Crippen LogP contribution in [0.2, 0.25) is 0 Å². The molecule has 0 aromatic heterocycles. The molecule has 3 rings (SSSR count). The zero-order chi connectivity index (χ0) is 24.8. The number of alkyl carbamates (subject to hydrolysis) is 1. The fourth-order valence-electron chi connectivity index (χ4n) is 5.10. The molecule has 0 aromatic rings. The van der Waals surface area contributed by atoms with E-state index in [1.165, 1.54) is 18.7 Å². The number of rotatable bonds is 8. The van der Waals surface area contributed by atoms with E-state index < -0.39 is 12.2 Å². The van der Waals surface area contributed by atoms with Gasteiger partial charge in [-0.15, -0.1) is 0 Å². The number of nitrogens with one attached hydrogen (secondary N) is 2. The maximum absolute atomic E-state index is 12.2. The van der Waals surface area contributed by atoms with Gasteiger partial charge in [0.25, 0.3) is 0 Å². The minimum atomic E-state index is -0.511. The highest BCUT2D eigenvalue weighted by Crippen LogP contribution is 2.46. The monoisotopic (exact) mass is 474 g/mol.